The van der Waals surface area contributed by atoms with Crippen molar-refractivity contribution in [2.24, 2.45) is 5.11 Å². The molecule has 7 heteroatoms. The smallest absolute Gasteiger partial charge is 0.378 e. The van der Waals surface area contributed by atoms with Gasteiger partial charge in [0.05, 0.1) is 12.1 Å². The highest BCUT2D eigenvalue weighted by Gasteiger charge is 2.33. The fraction of sp³-hybridized carbons (Fsp3) is 1.00. The number of rotatable bonds is 4. The maximum atomic E-state index is 11.9. The van der Waals surface area contributed by atoms with Crippen molar-refractivity contribution >= 4 is 0 Å². The van der Waals surface area contributed by atoms with E-state index in [0.29, 0.717) is 13.0 Å². The van der Waals surface area contributed by atoms with E-state index in [-0.39, 0.29) is 12.5 Å². The van der Waals surface area contributed by atoms with E-state index in [1.54, 1.807) is 0 Å². The van der Waals surface area contributed by atoms with E-state index in [0.717, 1.165) is 0 Å². The third-order valence-corrected chi connectivity index (χ3v) is 2.09. The van der Waals surface area contributed by atoms with Gasteiger partial charge in [0.1, 0.15) is 0 Å². The van der Waals surface area contributed by atoms with Crippen LogP contribution in [0.25, 0.3) is 10.4 Å². The Labute approximate surface area is 78.7 Å². The first kappa shape index (κ1) is 11.1. The molecule has 0 radical (unpaired) electrons. The van der Waals surface area contributed by atoms with E-state index in [9.17, 15) is 13.2 Å². The molecule has 14 heavy (non-hydrogen) atoms. The molecule has 0 aromatic rings. The molecule has 0 aromatic carbocycles. The number of hydrogen-bond acceptors (Lipinski definition) is 2. The summed E-state index contributed by atoms with van der Waals surface area (Å²) in [5, 5.41) is 3.30. The van der Waals surface area contributed by atoms with Crippen molar-refractivity contribution in [2.45, 2.75) is 37.6 Å². The second-order valence-electron chi connectivity index (χ2n) is 3.12. The van der Waals surface area contributed by atoms with Gasteiger partial charge in [0.2, 0.25) is 0 Å². The number of halogens is 3. The quantitative estimate of drug-likeness (QED) is 0.399. The van der Waals surface area contributed by atoms with Crippen molar-refractivity contribution in [3.05, 3.63) is 10.4 Å². The van der Waals surface area contributed by atoms with Crippen LogP contribution in [-0.4, -0.2) is 24.9 Å². The summed E-state index contributed by atoms with van der Waals surface area (Å²) in [4.78, 5) is 2.52. The van der Waals surface area contributed by atoms with Crippen molar-refractivity contribution in [1.29, 1.82) is 0 Å². The first-order valence-electron chi connectivity index (χ1n) is 4.25. The van der Waals surface area contributed by atoms with Crippen LogP contribution in [0.3, 0.4) is 0 Å². The number of nitrogens with zero attached hydrogens (tertiary/aromatic N) is 3. The van der Waals surface area contributed by atoms with Gasteiger partial charge in [-0.15, -0.1) is 0 Å². The molecule has 2 atom stereocenters. The molecule has 0 bridgehead atoms. The maximum absolute atomic E-state index is 11.9. The molecule has 0 saturated carbocycles. The minimum Gasteiger partial charge on any atom is -0.378 e. The molecule has 0 N–H and O–H groups in total. The van der Waals surface area contributed by atoms with Gasteiger partial charge in [-0.05, 0) is 18.4 Å². The van der Waals surface area contributed by atoms with Crippen LogP contribution < -0.4 is 0 Å². The summed E-state index contributed by atoms with van der Waals surface area (Å²) in [5.74, 6) is 0. The lowest BCUT2D eigenvalue weighted by Gasteiger charge is -2.31. The Hall–Kier alpha value is -0.940. The minimum absolute atomic E-state index is 0.196. The van der Waals surface area contributed by atoms with Crippen molar-refractivity contribution in [3.63, 3.8) is 0 Å². The Morgan fingerprint density at radius 1 is 1.57 bits per heavy atom. The van der Waals surface area contributed by atoms with Crippen LogP contribution in [0.4, 0.5) is 13.2 Å². The molecule has 0 spiro atoms. The summed E-state index contributed by atoms with van der Waals surface area (Å²) in [6, 6.07) is -0.685. The SMILES string of the molecule is [N-]=[N+]=NC(CCC(F)(F)F)C1CCO1. The Morgan fingerprint density at radius 2 is 2.21 bits per heavy atom. The fourth-order valence-corrected chi connectivity index (χ4v) is 1.25. The second-order valence-corrected chi connectivity index (χ2v) is 3.12. The summed E-state index contributed by atoms with van der Waals surface area (Å²) in [6.07, 6.45) is -4.99. The van der Waals surface area contributed by atoms with E-state index in [2.05, 4.69) is 10.0 Å². The van der Waals surface area contributed by atoms with Gasteiger partial charge in [0.15, 0.2) is 0 Å². The third-order valence-electron chi connectivity index (χ3n) is 2.09. The summed E-state index contributed by atoms with van der Waals surface area (Å²) < 4.78 is 40.6. The van der Waals surface area contributed by atoms with Crippen molar-refractivity contribution < 1.29 is 17.9 Å². The Balaban J connectivity index is 2.39. The lowest BCUT2D eigenvalue weighted by molar-refractivity contribution is -0.141. The lowest BCUT2D eigenvalue weighted by atomic mass is 10.0. The van der Waals surface area contributed by atoms with Crippen LogP contribution in [0, 0.1) is 0 Å². The van der Waals surface area contributed by atoms with E-state index < -0.39 is 18.6 Å². The molecule has 80 valence electrons. The van der Waals surface area contributed by atoms with E-state index in [1.165, 1.54) is 0 Å². The molecule has 1 fully saturated rings. The average Bonchev–Trinajstić information content (AvgIpc) is 1.95. The zero-order chi connectivity index (χ0) is 10.6. The van der Waals surface area contributed by atoms with Crippen LogP contribution >= 0.6 is 0 Å². The largest absolute Gasteiger partial charge is 0.389 e. The molecule has 1 saturated heterocycles. The summed E-state index contributed by atoms with van der Waals surface area (Å²) in [6.45, 7) is 0.536. The third kappa shape index (κ3) is 3.43. The average molecular weight is 209 g/mol. The molecule has 0 aromatic heterocycles. The van der Waals surface area contributed by atoms with Crippen LogP contribution in [-0.2, 0) is 4.74 Å². The topological polar surface area (TPSA) is 58.0 Å². The van der Waals surface area contributed by atoms with Crippen molar-refractivity contribution in [1.82, 2.24) is 0 Å². The number of ether oxygens (including phenoxy) is 1. The Morgan fingerprint density at radius 3 is 2.57 bits per heavy atom. The van der Waals surface area contributed by atoms with Gasteiger partial charge in [-0.3, -0.25) is 0 Å². The zero-order valence-corrected chi connectivity index (χ0v) is 7.37. The maximum Gasteiger partial charge on any atom is 0.389 e. The number of azide groups is 1. The predicted octanol–water partition coefficient (Wildman–Crippen LogP) is 2.80. The van der Waals surface area contributed by atoms with Crippen LogP contribution in [0.5, 0.6) is 0 Å². The standard InChI is InChI=1S/C7H10F3N3O/c8-7(9,10)3-1-5(12-13-11)6-2-4-14-6/h5-6H,1-4H2. The summed E-state index contributed by atoms with van der Waals surface area (Å²) >= 11 is 0. The molecular weight excluding hydrogens is 199 g/mol. The van der Waals surface area contributed by atoms with Gasteiger partial charge in [0.25, 0.3) is 0 Å². The van der Waals surface area contributed by atoms with Gasteiger partial charge >= 0.3 is 6.18 Å². The second kappa shape index (κ2) is 4.52. The van der Waals surface area contributed by atoms with Crippen molar-refractivity contribution in [3.8, 4) is 0 Å². The molecule has 1 aliphatic heterocycles. The molecule has 0 amide bonds. The number of hydrogen-bond donors (Lipinski definition) is 0. The normalized spacial score (nSPS) is 23.5. The molecule has 1 rings (SSSR count). The predicted molar refractivity (Wildman–Crippen MR) is 42.6 cm³/mol. The van der Waals surface area contributed by atoms with Crippen molar-refractivity contribution in [2.75, 3.05) is 6.61 Å². The molecule has 4 nitrogen and oxygen atoms in total. The van der Waals surface area contributed by atoms with Gasteiger partial charge < -0.3 is 4.74 Å². The van der Waals surface area contributed by atoms with Crippen LogP contribution in [0.15, 0.2) is 5.11 Å². The monoisotopic (exact) mass is 209 g/mol. The summed E-state index contributed by atoms with van der Waals surface area (Å²) in [7, 11) is 0. The fourth-order valence-electron chi connectivity index (χ4n) is 1.25. The molecular formula is C7H10F3N3O. The first-order valence-corrected chi connectivity index (χ1v) is 4.25. The highest BCUT2D eigenvalue weighted by Crippen LogP contribution is 2.27. The van der Waals surface area contributed by atoms with Gasteiger partial charge in [-0.25, -0.2) is 0 Å². The Kier molecular flexibility index (Phi) is 3.60. The lowest BCUT2D eigenvalue weighted by Crippen LogP contribution is -2.37. The highest BCUT2D eigenvalue weighted by molar-refractivity contribution is 4.82. The highest BCUT2D eigenvalue weighted by atomic mass is 19.4. The molecule has 1 aliphatic rings. The van der Waals surface area contributed by atoms with Gasteiger partial charge in [-0.2, -0.15) is 13.2 Å². The summed E-state index contributed by atoms with van der Waals surface area (Å²) in [5.41, 5.74) is 8.16. The van der Waals surface area contributed by atoms with E-state index in [4.69, 9.17) is 10.3 Å². The zero-order valence-electron chi connectivity index (χ0n) is 7.37. The molecule has 2 unspecified atom stereocenters. The first-order chi connectivity index (χ1) is 6.53. The number of alkyl halides is 3. The van der Waals surface area contributed by atoms with E-state index >= 15 is 0 Å². The molecule has 1 heterocycles. The van der Waals surface area contributed by atoms with E-state index in [1.807, 2.05) is 0 Å². The molecule has 0 aliphatic carbocycles. The minimum atomic E-state index is -4.20. The van der Waals surface area contributed by atoms with Gasteiger partial charge in [0, 0.05) is 17.9 Å². The Bertz CT molecular complexity index is 233. The van der Waals surface area contributed by atoms with Crippen LogP contribution in [0.1, 0.15) is 19.3 Å². The van der Waals surface area contributed by atoms with Crippen LogP contribution in [0.2, 0.25) is 0 Å². The van der Waals surface area contributed by atoms with Gasteiger partial charge in [-0.1, -0.05) is 5.11 Å².